The number of rotatable bonds is 4. The van der Waals surface area contributed by atoms with Gasteiger partial charge in [-0.1, -0.05) is 29.8 Å². The average Bonchev–Trinajstić information content (AvgIpc) is 2.61. The Morgan fingerprint density at radius 1 is 0.760 bits per heavy atom. The van der Waals surface area contributed by atoms with Crippen molar-refractivity contribution < 1.29 is 18.3 Å². The maximum absolute atomic E-state index is 14.7. The predicted octanol–water partition coefficient (Wildman–Crippen LogP) is 5.62. The van der Waals surface area contributed by atoms with Gasteiger partial charge in [0.25, 0.3) is 0 Å². The van der Waals surface area contributed by atoms with Crippen molar-refractivity contribution in [3.8, 4) is 33.8 Å². The summed E-state index contributed by atoms with van der Waals surface area (Å²) in [5, 5.41) is 0. The van der Waals surface area contributed by atoms with Gasteiger partial charge in [0.15, 0.2) is 0 Å². The maximum Gasteiger partial charge on any atom is 0.134 e. The summed E-state index contributed by atoms with van der Waals surface area (Å²) < 4.78 is 39.2. The first-order valence-corrected chi connectivity index (χ1v) is 7.82. The Labute approximate surface area is 145 Å². The minimum atomic E-state index is -0.640. The van der Waals surface area contributed by atoms with E-state index in [1.807, 2.05) is 31.2 Å². The van der Waals surface area contributed by atoms with Crippen LogP contribution >= 0.6 is 0 Å². The third kappa shape index (κ3) is 3.33. The van der Waals surface area contributed by atoms with E-state index in [0.29, 0.717) is 28.2 Å². The number of hydrogen-bond acceptors (Lipinski definition) is 2. The molecule has 0 spiro atoms. The van der Waals surface area contributed by atoms with Gasteiger partial charge in [0, 0.05) is 23.3 Å². The molecule has 25 heavy (non-hydrogen) atoms. The highest BCUT2D eigenvalue weighted by Gasteiger charge is 2.18. The third-order valence-electron chi connectivity index (χ3n) is 4.10. The normalized spacial score (nSPS) is 10.6. The van der Waals surface area contributed by atoms with Crippen LogP contribution in [0.15, 0.2) is 54.6 Å². The van der Waals surface area contributed by atoms with Gasteiger partial charge in [0.05, 0.1) is 14.2 Å². The highest BCUT2D eigenvalue weighted by atomic mass is 19.1. The second kappa shape index (κ2) is 6.93. The van der Waals surface area contributed by atoms with Crippen molar-refractivity contribution in [3.63, 3.8) is 0 Å². The van der Waals surface area contributed by atoms with Gasteiger partial charge in [-0.2, -0.15) is 0 Å². The molecule has 0 aliphatic heterocycles. The largest absolute Gasteiger partial charge is 0.497 e. The Morgan fingerprint density at radius 2 is 1.48 bits per heavy atom. The van der Waals surface area contributed by atoms with Crippen LogP contribution in [-0.2, 0) is 0 Å². The molecule has 128 valence electrons. The van der Waals surface area contributed by atoms with E-state index in [0.717, 1.165) is 17.2 Å². The molecule has 0 aliphatic rings. The third-order valence-corrected chi connectivity index (χ3v) is 4.10. The predicted molar refractivity (Wildman–Crippen MR) is 95.1 cm³/mol. The molecule has 0 heterocycles. The van der Waals surface area contributed by atoms with Crippen LogP contribution in [0.4, 0.5) is 8.78 Å². The fourth-order valence-electron chi connectivity index (χ4n) is 2.81. The molecule has 0 bridgehead atoms. The zero-order valence-electron chi connectivity index (χ0n) is 14.3. The summed E-state index contributed by atoms with van der Waals surface area (Å²) in [7, 11) is 3.05. The summed E-state index contributed by atoms with van der Waals surface area (Å²) in [5.41, 5.74) is 3.11. The molecule has 0 aromatic heterocycles. The molecule has 0 saturated carbocycles. The molecule has 0 unspecified atom stereocenters. The van der Waals surface area contributed by atoms with E-state index in [4.69, 9.17) is 9.47 Å². The van der Waals surface area contributed by atoms with Gasteiger partial charge in [-0.15, -0.1) is 0 Å². The molecule has 0 atom stereocenters. The lowest BCUT2D eigenvalue weighted by molar-refractivity contribution is 0.395. The zero-order chi connectivity index (χ0) is 18.0. The van der Waals surface area contributed by atoms with Crippen molar-refractivity contribution in [1.82, 2.24) is 0 Å². The molecule has 0 fully saturated rings. The van der Waals surface area contributed by atoms with E-state index in [-0.39, 0.29) is 0 Å². The first-order chi connectivity index (χ1) is 12.0. The van der Waals surface area contributed by atoms with Crippen molar-refractivity contribution >= 4 is 0 Å². The van der Waals surface area contributed by atoms with Crippen LogP contribution in [0.1, 0.15) is 5.56 Å². The van der Waals surface area contributed by atoms with Crippen LogP contribution in [0, 0.1) is 18.6 Å². The molecule has 0 amide bonds. The standard InChI is InChI=1S/C21H18F2O2/c1-13-4-6-14(7-5-13)18-10-15(22)11-19(23)21(18)17-9-8-16(24-2)12-20(17)25-3/h4-12H,1-3H3. The van der Waals surface area contributed by atoms with E-state index < -0.39 is 11.6 Å². The summed E-state index contributed by atoms with van der Waals surface area (Å²) in [5.74, 6) is -0.207. The fourth-order valence-corrected chi connectivity index (χ4v) is 2.81. The van der Waals surface area contributed by atoms with E-state index in [9.17, 15) is 8.78 Å². The minimum absolute atomic E-state index is 0.296. The lowest BCUT2D eigenvalue weighted by Crippen LogP contribution is -1.96. The maximum atomic E-state index is 14.7. The van der Waals surface area contributed by atoms with Gasteiger partial charge in [0.1, 0.15) is 23.1 Å². The molecule has 3 aromatic rings. The van der Waals surface area contributed by atoms with Crippen molar-refractivity contribution in [1.29, 1.82) is 0 Å². The van der Waals surface area contributed by atoms with Crippen LogP contribution in [0.5, 0.6) is 11.5 Å². The van der Waals surface area contributed by atoms with E-state index in [1.54, 1.807) is 25.3 Å². The van der Waals surface area contributed by atoms with Gasteiger partial charge < -0.3 is 9.47 Å². The van der Waals surface area contributed by atoms with Crippen LogP contribution in [-0.4, -0.2) is 14.2 Å². The van der Waals surface area contributed by atoms with Gasteiger partial charge in [-0.05, 0) is 36.2 Å². The quantitative estimate of drug-likeness (QED) is 0.613. The molecule has 2 nitrogen and oxygen atoms in total. The molecule has 0 aliphatic carbocycles. The first kappa shape index (κ1) is 17.0. The van der Waals surface area contributed by atoms with Crippen LogP contribution < -0.4 is 9.47 Å². The Hall–Kier alpha value is -2.88. The van der Waals surface area contributed by atoms with Crippen LogP contribution in [0.3, 0.4) is 0 Å². The Morgan fingerprint density at radius 3 is 2.12 bits per heavy atom. The van der Waals surface area contributed by atoms with Crippen molar-refractivity contribution in [2.24, 2.45) is 0 Å². The highest BCUT2D eigenvalue weighted by Crippen LogP contribution is 2.41. The fraction of sp³-hybridized carbons (Fsp3) is 0.143. The van der Waals surface area contributed by atoms with Crippen molar-refractivity contribution in [2.45, 2.75) is 6.92 Å². The van der Waals surface area contributed by atoms with Gasteiger partial charge in [-0.25, -0.2) is 8.78 Å². The second-order valence-electron chi connectivity index (χ2n) is 5.74. The van der Waals surface area contributed by atoms with Crippen LogP contribution in [0.2, 0.25) is 0 Å². The minimum Gasteiger partial charge on any atom is -0.497 e. The number of ether oxygens (including phenoxy) is 2. The smallest absolute Gasteiger partial charge is 0.134 e. The van der Waals surface area contributed by atoms with Gasteiger partial charge in [-0.3, -0.25) is 0 Å². The first-order valence-electron chi connectivity index (χ1n) is 7.82. The van der Waals surface area contributed by atoms with E-state index in [1.165, 1.54) is 13.2 Å². The number of halogens is 2. The lowest BCUT2D eigenvalue weighted by Gasteiger charge is -2.16. The lowest BCUT2D eigenvalue weighted by atomic mass is 9.93. The molecule has 3 aromatic carbocycles. The monoisotopic (exact) mass is 340 g/mol. The molecular weight excluding hydrogens is 322 g/mol. The van der Waals surface area contributed by atoms with E-state index in [2.05, 4.69) is 0 Å². The second-order valence-corrected chi connectivity index (χ2v) is 5.74. The number of benzene rings is 3. The van der Waals surface area contributed by atoms with Crippen molar-refractivity contribution in [2.75, 3.05) is 14.2 Å². The summed E-state index contributed by atoms with van der Waals surface area (Å²) in [6.07, 6.45) is 0. The molecular formula is C21H18F2O2. The van der Waals surface area contributed by atoms with Crippen LogP contribution in [0.25, 0.3) is 22.3 Å². The Balaban J connectivity index is 2.28. The van der Waals surface area contributed by atoms with Crippen molar-refractivity contribution in [3.05, 3.63) is 71.8 Å². The Bertz CT molecular complexity index is 903. The number of hydrogen-bond donors (Lipinski definition) is 0. The SMILES string of the molecule is COc1ccc(-c2c(F)cc(F)cc2-c2ccc(C)cc2)c(OC)c1. The number of methoxy groups -OCH3 is 2. The van der Waals surface area contributed by atoms with E-state index >= 15 is 0 Å². The zero-order valence-corrected chi connectivity index (χ0v) is 14.3. The molecule has 0 saturated heterocycles. The molecule has 0 N–H and O–H groups in total. The van der Waals surface area contributed by atoms with Gasteiger partial charge >= 0.3 is 0 Å². The average molecular weight is 340 g/mol. The summed E-state index contributed by atoms with van der Waals surface area (Å²) in [6, 6.07) is 14.9. The molecule has 4 heteroatoms. The number of aryl methyl sites for hydroxylation is 1. The summed E-state index contributed by atoms with van der Waals surface area (Å²) >= 11 is 0. The summed E-state index contributed by atoms with van der Waals surface area (Å²) in [6.45, 7) is 1.96. The highest BCUT2D eigenvalue weighted by molar-refractivity contribution is 5.87. The summed E-state index contributed by atoms with van der Waals surface area (Å²) in [4.78, 5) is 0. The molecule has 3 rings (SSSR count). The van der Waals surface area contributed by atoms with Gasteiger partial charge in [0.2, 0.25) is 0 Å². The molecule has 0 radical (unpaired) electrons. The Kier molecular flexibility index (Phi) is 4.70. The topological polar surface area (TPSA) is 18.5 Å².